The zero-order valence-corrected chi connectivity index (χ0v) is 15.7. The molecule has 0 heterocycles. The Morgan fingerprint density at radius 3 is 2.12 bits per heavy atom. The summed E-state index contributed by atoms with van der Waals surface area (Å²) in [4.78, 5) is 0. The minimum Gasteiger partial charge on any atom is -0.498 e. The maximum absolute atomic E-state index is 9.17. The maximum atomic E-state index is 9.17. The number of hydrogen-bond donors (Lipinski definition) is 3. The topological polar surface area (TPSA) is 69.9 Å². The Morgan fingerprint density at radius 1 is 0.880 bits per heavy atom. The van der Waals surface area contributed by atoms with Crippen molar-refractivity contribution >= 4 is 0 Å². The molecule has 0 aliphatic carbocycles. The van der Waals surface area contributed by atoms with E-state index in [1.165, 1.54) is 51.2 Å². The van der Waals surface area contributed by atoms with Crippen molar-refractivity contribution in [2.24, 2.45) is 0 Å². The van der Waals surface area contributed by atoms with Crippen LogP contribution in [0.5, 0.6) is 0 Å². The summed E-state index contributed by atoms with van der Waals surface area (Å²) in [6.07, 6.45) is 18.0. The number of unbranched alkanes of at least 4 members (excludes halogenated alkanes) is 8. The highest BCUT2D eigenvalue weighted by Gasteiger charge is 1.98. The number of hydrogen-bond acceptors (Lipinski definition) is 4. The molecule has 4 nitrogen and oxygen atoms in total. The minimum atomic E-state index is -0.840. The summed E-state index contributed by atoms with van der Waals surface area (Å²) in [6.45, 7) is 1.64. The van der Waals surface area contributed by atoms with Gasteiger partial charge in [0.25, 0.3) is 0 Å². The van der Waals surface area contributed by atoms with E-state index < -0.39 is 6.10 Å². The van der Waals surface area contributed by atoms with Gasteiger partial charge < -0.3 is 20.1 Å². The highest BCUT2D eigenvalue weighted by Crippen LogP contribution is 2.11. The summed E-state index contributed by atoms with van der Waals surface area (Å²) in [5, 5.41) is 26.8. The first kappa shape index (κ1) is 23.7. The molecule has 0 bridgehead atoms. The van der Waals surface area contributed by atoms with E-state index in [2.05, 4.69) is 17.9 Å². The maximum Gasteiger partial charge on any atom is 0.115 e. The SMILES string of the molecule is CC(O)CCCCCCCCCCC=CC#CC=COCC(O)CO. The number of aliphatic hydroxyl groups excluding tert-OH is 3. The smallest absolute Gasteiger partial charge is 0.115 e. The lowest BCUT2D eigenvalue weighted by molar-refractivity contribution is 0.0385. The zero-order chi connectivity index (χ0) is 18.6. The van der Waals surface area contributed by atoms with Crippen molar-refractivity contribution in [2.75, 3.05) is 13.2 Å². The Bertz CT molecular complexity index is 390. The molecule has 0 aliphatic rings. The fourth-order valence-electron chi connectivity index (χ4n) is 2.30. The van der Waals surface area contributed by atoms with Crippen LogP contribution in [0.2, 0.25) is 0 Å². The van der Waals surface area contributed by atoms with Crippen LogP contribution in [0.15, 0.2) is 24.5 Å². The molecule has 0 fully saturated rings. The first-order chi connectivity index (χ1) is 12.2. The summed E-state index contributed by atoms with van der Waals surface area (Å²) in [7, 11) is 0. The Labute approximate surface area is 153 Å². The predicted molar refractivity (Wildman–Crippen MR) is 103 cm³/mol. The van der Waals surface area contributed by atoms with Crippen molar-refractivity contribution in [1.82, 2.24) is 0 Å². The summed E-state index contributed by atoms with van der Waals surface area (Å²) in [6, 6.07) is 0. The summed E-state index contributed by atoms with van der Waals surface area (Å²) in [5.41, 5.74) is 0. The van der Waals surface area contributed by atoms with Gasteiger partial charge in [0.15, 0.2) is 0 Å². The molecule has 0 aromatic heterocycles. The molecule has 3 N–H and O–H groups in total. The third-order valence-corrected chi connectivity index (χ3v) is 3.77. The molecule has 0 spiro atoms. The second kappa shape index (κ2) is 19.1. The van der Waals surface area contributed by atoms with E-state index in [0.717, 1.165) is 19.3 Å². The van der Waals surface area contributed by atoms with Gasteiger partial charge in [-0.3, -0.25) is 0 Å². The highest BCUT2D eigenvalue weighted by molar-refractivity contribution is 5.22. The van der Waals surface area contributed by atoms with E-state index in [1.807, 2.05) is 13.0 Å². The molecule has 0 rings (SSSR count). The molecule has 0 amide bonds. The van der Waals surface area contributed by atoms with E-state index in [0.29, 0.717) is 0 Å². The third kappa shape index (κ3) is 20.7. The number of allylic oxidation sites excluding steroid dienone is 3. The van der Waals surface area contributed by atoms with Crippen LogP contribution in [0.1, 0.15) is 71.1 Å². The standard InChI is InChI=1S/C21H36O4/c1-20(23)16-14-12-10-8-6-4-2-3-5-7-9-11-13-15-17-25-19-21(24)18-22/h7,9,15,17,20-24H,2-6,8,10,12,14,16,18-19H2,1H3. The molecule has 0 radical (unpaired) electrons. The molecule has 2 unspecified atom stereocenters. The highest BCUT2D eigenvalue weighted by atomic mass is 16.5. The fourth-order valence-corrected chi connectivity index (χ4v) is 2.30. The van der Waals surface area contributed by atoms with Crippen molar-refractivity contribution in [3.05, 3.63) is 24.5 Å². The van der Waals surface area contributed by atoms with E-state index in [1.54, 1.807) is 6.08 Å². The second-order valence-corrected chi connectivity index (χ2v) is 6.42. The minimum absolute atomic E-state index is 0.0758. The van der Waals surface area contributed by atoms with E-state index in [9.17, 15) is 0 Å². The predicted octanol–water partition coefficient (Wildman–Crippen LogP) is 3.71. The van der Waals surface area contributed by atoms with Crippen LogP contribution >= 0.6 is 0 Å². The molecule has 0 aromatic rings. The molecule has 0 aromatic carbocycles. The molecule has 25 heavy (non-hydrogen) atoms. The van der Waals surface area contributed by atoms with Crippen LogP contribution in [0.4, 0.5) is 0 Å². The number of rotatable bonds is 15. The average molecular weight is 353 g/mol. The van der Waals surface area contributed by atoms with Gasteiger partial charge >= 0.3 is 0 Å². The molecular weight excluding hydrogens is 316 g/mol. The summed E-state index contributed by atoms with van der Waals surface area (Å²) >= 11 is 0. The first-order valence-corrected chi connectivity index (χ1v) is 9.56. The quantitative estimate of drug-likeness (QED) is 0.239. The van der Waals surface area contributed by atoms with Crippen molar-refractivity contribution in [3.63, 3.8) is 0 Å². The van der Waals surface area contributed by atoms with Crippen LogP contribution < -0.4 is 0 Å². The van der Waals surface area contributed by atoms with Crippen molar-refractivity contribution in [1.29, 1.82) is 0 Å². The van der Waals surface area contributed by atoms with Gasteiger partial charge in [-0.25, -0.2) is 0 Å². The van der Waals surface area contributed by atoms with Gasteiger partial charge in [-0.1, -0.05) is 62.9 Å². The molecule has 0 saturated carbocycles. The van der Waals surface area contributed by atoms with Gasteiger partial charge in [0.2, 0.25) is 0 Å². The van der Waals surface area contributed by atoms with Crippen LogP contribution in [-0.4, -0.2) is 40.7 Å². The number of ether oxygens (including phenoxy) is 1. The van der Waals surface area contributed by atoms with Crippen LogP contribution in [0.25, 0.3) is 0 Å². The van der Waals surface area contributed by atoms with Crippen molar-refractivity contribution < 1.29 is 20.1 Å². The van der Waals surface area contributed by atoms with Crippen molar-refractivity contribution in [2.45, 2.75) is 83.3 Å². The van der Waals surface area contributed by atoms with Gasteiger partial charge in [-0.2, -0.15) is 0 Å². The van der Waals surface area contributed by atoms with E-state index >= 15 is 0 Å². The Hall–Kier alpha value is -1.28. The molecule has 144 valence electrons. The van der Waals surface area contributed by atoms with E-state index in [4.69, 9.17) is 20.1 Å². The molecule has 2 atom stereocenters. The van der Waals surface area contributed by atoms with Gasteiger partial charge in [0.1, 0.15) is 12.7 Å². The van der Waals surface area contributed by atoms with Gasteiger partial charge in [-0.15, -0.1) is 0 Å². The van der Waals surface area contributed by atoms with Crippen molar-refractivity contribution in [3.8, 4) is 11.8 Å². The van der Waals surface area contributed by atoms with Gasteiger partial charge in [0, 0.05) is 6.08 Å². The Morgan fingerprint density at radius 2 is 1.48 bits per heavy atom. The molecule has 0 aliphatic heterocycles. The first-order valence-electron chi connectivity index (χ1n) is 9.56. The van der Waals surface area contributed by atoms with Crippen LogP contribution in [-0.2, 0) is 4.74 Å². The largest absolute Gasteiger partial charge is 0.498 e. The Kier molecular flexibility index (Phi) is 18.1. The van der Waals surface area contributed by atoms with Crippen LogP contribution in [0.3, 0.4) is 0 Å². The molecule has 4 heteroatoms. The molecular formula is C21H36O4. The lowest BCUT2D eigenvalue weighted by Crippen LogP contribution is -2.17. The summed E-state index contributed by atoms with van der Waals surface area (Å²) < 4.78 is 4.98. The number of aliphatic hydroxyl groups is 3. The Balaban J connectivity index is 3.33. The second-order valence-electron chi connectivity index (χ2n) is 6.42. The van der Waals surface area contributed by atoms with Gasteiger partial charge in [-0.05, 0) is 32.3 Å². The lowest BCUT2D eigenvalue weighted by atomic mass is 10.1. The van der Waals surface area contributed by atoms with E-state index in [-0.39, 0.29) is 19.3 Å². The third-order valence-electron chi connectivity index (χ3n) is 3.77. The lowest BCUT2D eigenvalue weighted by Gasteiger charge is -2.04. The molecule has 0 saturated heterocycles. The summed E-state index contributed by atoms with van der Waals surface area (Å²) in [5.74, 6) is 5.72. The van der Waals surface area contributed by atoms with Gasteiger partial charge in [0.05, 0.1) is 19.0 Å². The monoisotopic (exact) mass is 352 g/mol. The average Bonchev–Trinajstić information content (AvgIpc) is 2.60. The normalized spacial score (nSPS) is 13.8. The zero-order valence-electron chi connectivity index (χ0n) is 15.7. The van der Waals surface area contributed by atoms with Crippen LogP contribution in [0, 0.1) is 11.8 Å². The fraction of sp³-hybridized carbons (Fsp3) is 0.714.